The third-order valence-electron chi connectivity index (χ3n) is 3.17. The number of nitrogens with one attached hydrogen (secondary N) is 1. The Morgan fingerprint density at radius 1 is 1.20 bits per heavy atom. The average molecular weight is 336 g/mol. The van der Waals surface area contributed by atoms with E-state index in [4.69, 9.17) is 14.7 Å². The number of nitriles is 1. The second kappa shape index (κ2) is 8.89. The normalized spacial score (nSPS) is 10.1. The minimum Gasteiger partial charge on any atom is -0.497 e. The average Bonchev–Trinajstić information content (AvgIpc) is 2.65. The van der Waals surface area contributed by atoms with Crippen molar-refractivity contribution in [3.05, 3.63) is 65.7 Å². The fraction of sp³-hybridized carbons (Fsp3) is 0.105. The van der Waals surface area contributed by atoms with Gasteiger partial charge >= 0.3 is 5.97 Å². The second-order valence-corrected chi connectivity index (χ2v) is 4.92. The van der Waals surface area contributed by atoms with Gasteiger partial charge in [-0.05, 0) is 35.9 Å². The third-order valence-corrected chi connectivity index (χ3v) is 3.17. The van der Waals surface area contributed by atoms with Crippen molar-refractivity contribution < 1.29 is 19.1 Å². The van der Waals surface area contributed by atoms with Crippen LogP contribution in [0.2, 0.25) is 0 Å². The lowest BCUT2D eigenvalue weighted by Crippen LogP contribution is -2.20. The van der Waals surface area contributed by atoms with Crippen molar-refractivity contribution in [2.45, 2.75) is 0 Å². The molecule has 126 valence electrons. The van der Waals surface area contributed by atoms with E-state index in [1.54, 1.807) is 61.7 Å². The van der Waals surface area contributed by atoms with Crippen LogP contribution >= 0.6 is 0 Å². The molecule has 0 bridgehead atoms. The van der Waals surface area contributed by atoms with Gasteiger partial charge in [0.2, 0.25) is 0 Å². The summed E-state index contributed by atoms with van der Waals surface area (Å²) in [5.41, 5.74) is 1.47. The Balaban J connectivity index is 1.86. The van der Waals surface area contributed by atoms with Gasteiger partial charge in [-0.3, -0.25) is 4.79 Å². The van der Waals surface area contributed by atoms with Crippen molar-refractivity contribution in [1.29, 1.82) is 5.26 Å². The van der Waals surface area contributed by atoms with E-state index in [2.05, 4.69) is 5.32 Å². The van der Waals surface area contributed by atoms with E-state index in [0.717, 1.165) is 5.56 Å². The lowest BCUT2D eigenvalue weighted by Gasteiger charge is -2.06. The SMILES string of the molecule is COc1cccc(/C=C/C(=O)OCC(=O)Nc2ccccc2C#N)c1. The molecule has 6 nitrogen and oxygen atoms in total. The molecule has 0 heterocycles. The molecule has 0 aromatic heterocycles. The quantitative estimate of drug-likeness (QED) is 0.647. The molecule has 0 aliphatic heterocycles. The number of hydrogen-bond acceptors (Lipinski definition) is 5. The highest BCUT2D eigenvalue weighted by molar-refractivity contribution is 5.95. The molecular formula is C19H16N2O4. The van der Waals surface area contributed by atoms with Crippen LogP contribution in [0.1, 0.15) is 11.1 Å². The smallest absolute Gasteiger partial charge is 0.331 e. The zero-order chi connectivity index (χ0) is 18.1. The van der Waals surface area contributed by atoms with Crippen molar-refractivity contribution in [2.75, 3.05) is 19.0 Å². The fourth-order valence-electron chi connectivity index (χ4n) is 1.97. The molecule has 2 rings (SSSR count). The van der Waals surface area contributed by atoms with Gasteiger partial charge in [0.25, 0.3) is 5.91 Å². The molecule has 2 aromatic carbocycles. The van der Waals surface area contributed by atoms with E-state index < -0.39 is 18.5 Å². The number of amides is 1. The van der Waals surface area contributed by atoms with E-state index in [1.165, 1.54) is 6.08 Å². The number of hydrogen-bond donors (Lipinski definition) is 1. The summed E-state index contributed by atoms with van der Waals surface area (Å²) in [6.45, 7) is -0.443. The van der Waals surface area contributed by atoms with Crippen molar-refractivity contribution >= 4 is 23.6 Å². The molecular weight excluding hydrogens is 320 g/mol. The minimum absolute atomic E-state index is 0.333. The zero-order valence-corrected chi connectivity index (χ0v) is 13.6. The predicted molar refractivity (Wildman–Crippen MR) is 92.8 cm³/mol. The van der Waals surface area contributed by atoms with Gasteiger partial charge in [0.05, 0.1) is 18.4 Å². The van der Waals surface area contributed by atoms with E-state index in [9.17, 15) is 9.59 Å². The summed E-state index contributed by atoms with van der Waals surface area (Å²) < 4.78 is 9.97. The van der Waals surface area contributed by atoms with Crippen LogP contribution in [0.3, 0.4) is 0 Å². The lowest BCUT2D eigenvalue weighted by molar-refractivity contribution is -0.142. The van der Waals surface area contributed by atoms with Crippen molar-refractivity contribution in [2.24, 2.45) is 0 Å². The molecule has 0 aliphatic carbocycles. The maximum atomic E-state index is 11.8. The molecule has 0 unspecified atom stereocenters. The predicted octanol–water partition coefficient (Wildman–Crippen LogP) is 2.76. The van der Waals surface area contributed by atoms with Gasteiger partial charge in [0.15, 0.2) is 6.61 Å². The first-order valence-corrected chi connectivity index (χ1v) is 7.40. The monoisotopic (exact) mass is 336 g/mol. The summed E-state index contributed by atoms with van der Waals surface area (Å²) in [5, 5.41) is 11.5. The molecule has 0 spiro atoms. The summed E-state index contributed by atoms with van der Waals surface area (Å²) in [4.78, 5) is 23.5. The first-order chi connectivity index (χ1) is 12.1. The molecule has 6 heteroatoms. The van der Waals surface area contributed by atoms with Crippen LogP contribution in [-0.2, 0) is 14.3 Å². The number of esters is 1. The number of methoxy groups -OCH3 is 1. The molecule has 0 saturated heterocycles. The van der Waals surface area contributed by atoms with E-state index >= 15 is 0 Å². The van der Waals surface area contributed by atoms with Gasteiger partial charge in [0.1, 0.15) is 11.8 Å². The molecule has 25 heavy (non-hydrogen) atoms. The summed E-state index contributed by atoms with van der Waals surface area (Å²) >= 11 is 0. The Kier molecular flexibility index (Phi) is 6.32. The number of carbonyl (C=O) groups is 2. The summed E-state index contributed by atoms with van der Waals surface area (Å²) in [5.74, 6) is -0.497. The van der Waals surface area contributed by atoms with E-state index in [0.29, 0.717) is 17.0 Å². The summed E-state index contributed by atoms with van der Waals surface area (Å²) in [7, 11) is 1.56. The highest BCUT2D eigenvalue weighted by Gasteiger charge is 2.08. The number of benzene rings is 2. The molecule has 2 aromatic rings. The topological polar surface area (TPSA) is 88.4 Å². The number of para-hydroxylation sites is 1. The van der Waals surface area contributed by atoms with Crippen molar-refractivity contribution in [3.63, 3.8) is 0 Å². The lowest BCUT2D eigenvalue weighted by atomic mass is 10.2. The van der Waals surface area contributed by atoms with Crippen LogP contribution in [0.15, 0.2) is 54.6 Å². The van der Waals surface area contributed by atoms with E-state index in [-0.39, 0.29) is 0 Å². The van der Waals surface area contributed by atoms with Crippen LogP contribution in [0, 0.1) is 11.3 Å². The highest BCUT2D eigenvalue weighted by Crippen LogP contribution is 2.14. The standard InChI is InChI=1S/C19H16N2O4/c1-24-16-7-4-5-14(11-16)9-10-19(23)25-13-18(22)21-17-8-3-2-6-15(17)12-20/h2-11H,13H2,1H3,(H,21,22)/b10-9+. The Bertz CT molecular complexity index is 837. The number of carbonyl (C=O) groups excluding carboxylic acids is 2. The number of ether oxygens (including phenoxy) is 2. The maximum absolute atomic E-state index is 11.8. The molecule has 0 radical (unpaired) electrons. The molecule has 1 amide bonds. The number of rotatable bonds is 6. The Hall–Kier alpha value is -3.59. The number of anilines is 1. The van der Waals surface area contributed by atoms with Crippen LogP contribution in [0.4, 0.5) is 5.69 Å². The molecule has 0 saturated carbocycles. The van der Waals surface area contributed by atoms with Gasteiger partial charge in [-0.2, -0.15) is 5.26 Å². The van der Waals surface area contributed by atoms with Gasteiger partial charge in [-0.15, -0.1) is 0 Å². The fourth-order valence-corrected chi connectivity index (χ4v) is 1.97. The van der Waals surface area contributed by atoms with Crippen molar-refractivity contribution in [3.8, 4) is 11.8 Å². The zero-order valence-electron chi connectivity index (χ0n) is 13.6. The molecule has 0 atom stereocenters. The minimum atomic E-state index is -0.647. The van der Waals surface area contributed by atoms with Gasteiger partial charge in [-0.25, -0.2) is 4.79 Å². The van der Waals surface area contributed by atoms with E-state index in [1.807, 2.05) is 6.07 Å². The number of nitrogens with zero attached hydrogens (tertiary/aromatic N) is 1. The maximum Gasteiger partial charge on any atom is 0.331 e. The van der Waals surface area contributed by atoms with Crippen LogP contribution in [-0.4, -0.2) is 25.6 Å². The summed E-state index contributed by atoms with van der Waals surface area (Å²) in [6, 6.07) is 15.7. The van der Waals surface area contributed by atoms with Gasteiger partial charge < -0.3 is 14.8 Å². The Labute approximate surface area is 145 Å². The first kappa shape index (κ1) is 17.8. The Morgan fingerprint density at radius 2 is 2.00 bits per heavy atom. The largest absolute Gasteiger partial charge is 0.497 e. The second-order valence-electron chi connectivity index (χ2n) is 4.92. The molecule has 0 fully saturated rings. The van der Waals surface area contributed by atoms with Crippen LogP contribution < -0.4 is 10.1 Å². The van der Waals surface area contributed by atoms with Gasteiger partial charge in [-0.1, -0.05) is 24.3 Å². The Morgan fingerprint density at radius 3 is 2.76 bits per heavy atom. The van der Waals surface area contributed by atoms with Gasteiger partial charge in [0, 0.05) is 6.08 Å². The van der Waals surface area contributed by atoms with Crippen LogP contribution in [0.25, 0.3) is 6.08 Å². The van der Waals surface area contributed by atoms with Crippen LogP contribution in [0.5, 0.6) is 5.75 Å². The van der Waals surface area contributed by atoms with Crippen molar-refractivity contribution in [1.82, 2.24) is 0 Å². The third kappa shape index (κ3) is 5.52. The molecule has 1 N–H and O–H groups in total. The highest BCUT2D eigenvalue weighted by atomic mass is 16.5. The molecule has 0 aliphatic rings. The first-order valence-electron chi connectivity index (χ1n) is 7.40. The summed E-state index contributed by atoms with van der Waals surface area (Å²) in [6.07, 6.45) is 2.79.